The van der Waals surface area contributed by atoms with Gasteiger partial charge in [0.1, 0.15) is 0 Å². The summed E-state index contributed by atoms with van der Waals surface area (Å²) in [4.78, 5) is 10.9. The van der Waals surface area contributed by atoms with Crippen LogP contribution in [0.2, 0.25) is 0 Å². The van der Waals surface area contributed by atoms with E-state index in [1.54, 1.807) is 30.5 Å². The predicted molar refractivity (Wildman–Crippen MR) is 105 cm³/mol. The van der Waals surface area contributed by atoms with Crippen LogP contribution in [0.25, 0.3) is 10.9 Å². The number of anilines is 1. The van der Waals surface area contributed by atoms with Crippen LogP contribution >= 0.6 is 0 Å². The van der Waals surface area contributed by atoms with Gasteiger partial charge in [-0.25, -0.2) is 12.4 Å². The number of nitrogens with one attached hydrogen (secondary N) is 1. The monoisotopic (exact) mass is 387 g/mol. The third kappa shape index (κ3) is 3.96. The molecule has 3 aromatic rings. The van der Waals surface area contributed by atoms with Crippen molar-refractivity contribution in [2.75, 3.05) is 31.1 Å². The zero-order valence-corrected chi connectivity index (χ0v) is 15.5. The summed E-state index contributed by atoms with van der Waals surface area (Å²) in [6, 6.07) is 16.4. The first kappa shape index (κ1) is 18.9. The normalized spacial score (nSPS) is 14.4. The van der Waals surface area contributed by atoms with Gasteiger partial charge < -0.3 is 15.3 Å². The second-order valence-electron chi connectivity index (χ2n) is 6.02. The number of nitrogens with zero attached hydrogens (tertiary/aromatic N) is 2. The van der Waals surface area contributed by atoms with Gasteiger partial charge in [0.2, 0.25) is 0 Å². The minimum Gasteiger partial charge on any atom is -0.483 e. The molecular formula is C19H21N3O4S. The Hall–Kier alpha value is -2.84. The van der Waals surface area contributed by atoms with Crippen molar-refractivity contribution < 1.29 is 18.3 Å². The van der Waals surface area contributed by atoms with Gasteiger partial charge in [0.15, 0.2) is 0 Å². The summed E-state index contributed by atoms with van der Waals surface area (Å²) >= 11 is 0. The van der Waals surface area contributed by atoms with Crippen molar-refractivity contribution in [2.45, 2.75) is 4.90 Å². The lowest BCUT2D eigenvalue weighted by Gasteiger charge is -2.29. The van der Waals surface area contributed by atoms with E-state index >= 15 is 0 Å². The van der Waals surface area contributed by atoms with Gasteiger partial charge >= 0.3 is 0 Å². The first-order valence-corrected chi connectivity index (χ1v) is 9.97. The van der Waals surface area contributed by atoms with E-state index in [-0.39, 0.29) is 6.47 Å². The summed E-state index contributed by atoms with van der Waals surface area (Å²) in [6.45, 7) is 3.50. The summed E-state index contributed by atoms with van der Waals surface area (Å²) in [5.41, 5.74) is 1.78. The second-order valence-corrected chi connectivity index (χ2v) is 7.83. The highest BCUT2D eigenvalue weighted by Crippen LogP contribution is 2.26. The maximum atomic E-state index is 12.9. The largest absolute Gasteiger partial charge is 0.483 e. The van der Waals surface area contributed by atoms with Gasteiger partial charge in [0, 0.05) is 43.4 Å². The molecule has 0 unspecified atom stereocenters. The number of fused-ring (bicyclic) bond motifs is 1. The summed E-state index contributed by atoms with van der Waals surface area (Å²) < 4.78 is 27.3. The number of piperazine rings is 1. The van der Waals surface area contributed by atoms with Crippen molar-refractivity contribution in [3.8, 4) is 0 Å². The predicted octanol–water partition coefficient (Wildman–Crippen LogP) is 1.99. The van der Waals surface area contributed by atoms with Crippen molar-refractivity contribution >= 4 is 33.1 Å². The molecule has 0 saturated carbocycles. The zero-order valence-electron chi connectivity index (χ0n) is 14.7. The molecule has 0 aliphatic carbocycles. The number of carboxylic acid groups (broad SMARTS) is 1. The van der Waals surface area contributed by atoms with Gasteiger partial charge in [0.05, 0.1) is 10.4 Å². The fourth-order valence-electron chi connectivity index (χ4n) is 3.13. The van der Waals surface area contributed by atoms with Crippen LogP contribution in [0.3, 0.4) is 0 Å². The molecule has 27 heavy (non-hydrogen) atoms. The Morgan fingerprint density at radius 3 is 2.33 bits per heavy atom. The van der Waals surface area contributed by atoms with Crippen LogP contribution in [0.15, 0.2) is 65.7 Å². The number of hydrogen-bond acceptors (Lipinski definition) is 5. The molecule has 1 aromatic heterocycles. The van der Waals surface area contributed by atoms with Crippen LogP contribution < -0.4 is 10.2 Å². The SMILES string of the molecule is O=CO.O=S(=O)(c1ccccc1)n1ccc2ccc(N3CCNCC3)cc21. The Labute approximate surface area is 157 Å². The first-order valence-electron chi connectivity index (χ1n) is 8.53. The maximum absolute atomic E-state index is 12.9. The quantitative estimate of drug-likeness (QED) is 0.668. The fourth-order valence-corrected chi connectivity index (χ4v) is 4.49. The topological polar surface area (TPSA) is 91.6 Å². The van der Waals surface area contributed by atoms with E-state index in [9.17, 15) is 8.42 Å². The van der Waals surface area contributed by atoms with E-state index in [0.717, 1.165) is 42.8 Å². The average molecular weight is 387 g/mol. The lowest BCUT2D eigenvalue weighted by atomic mass is 10.2. The van der Waals surface area contributed by atoms with Crippen LogP contribution in [0.4, 0.5) is 5.69 Å². The summed E-state index contributed by atoms with van der Waals surface area (Å²) in [5, 5.41) is 11.1. The van der Waals surface area contributed by atoms with Crippen molar-refractivity contribution in [2.24, 2.45) is 0 Å². The highest BCUT2D eigenvalue weighted by atomic mass is 32.2. The van der Waals surface area contributed by atoms with Crippen LogP contribution in [0.1, 0.15) is 0 Å². The van der Waals surface area contributed by atoms with E-state index in [4.69, 9.17) is 9.90 Å². The highest BCUT2D eigenvalue weighted by molar-refractivity contribution is 7.90. The van der Waals surface area contributed by atoms with Crippen LogP contribution in [0, 0.1) is 0 Å². The standard InChI is InChI=1S/C18H19N3O2S.CH2O2/c22-24(23,17-4-2-1-3-5-17)21-11-8-15-6-7-16(14-18(15)21)20-12-9-19-10-13-20;2-1-3/h1-8,11,14,19H,9-10,12-13H2;1H,(H,2,3). The Balaban J connectivity index is 0.000000659. The smallest absolute Gasteiger partial charge is 0.290 e. The Kier molecular flexibility index (Phi) is 5.78. The minimum absolute atomic E-state index is 0.250. The molecule has 1 aliphatic rings. The Bertz CT molecular complexity index is 1010. The van der Waals surface area contributed by atoms with E-state index in [1.165, 1.54) is 3.97 Å². The lowest BCUT2D eigenvalue weighted by molar-refractivity contribution is -0.122. The molecule has 7 nitrogen and oxygen atoms in total. The fraction of sp³-hybridized carbons (Fsp3) is 0.211. The lowest BCUT2D eigenvalue weighted by Crippen LogP contribution is -2.43. The number of rotatable bonds is 3. The van der Waals surface area contributed by atoms with Crippen LogP contribution in [0.5, 0.6) is 0 Å². The third-order valence-corrected chi connectivity index (χ3v) is 6.13. The summed E-state index contributed by atoms with van der Waals surface area (Å²) in [5.74, 6) is 0. The molecule has 2 aromatic carbocycles. The summed E-state index contributed by atoms with van der Waals surface area (Å²) in [7, 11) is -3.58. The van der Waals surface area contributed by atoms with Gasteiger partial charge in [-0.15, -0.1) is 0 Å². The van der Waals surface area contributed by atoms with Crippen molar-refractivity contribution in [3.05, 3.63) is 60.8 Å². The number of hydrogen-bond donors (Lipinski definition) is 2. The molecule has 1 fully saturated rings. The third-order valence-electron chi connectivity index (χ3n) is 4.42. The van der Waals surface area contributed by atoms with Gasteiger partial charge in [-0.05, 0) is 30.3 Å². The van der Waals surface area contributed by atoms with Gasteiger partial charge in [0.25, 0.3) is 16.5 Å². The molecule has 0 bridgehead atoms. The molecular weight excluding hydrogens is 366 g/mol. The van der Waals surface area contributed by atoms with E-state index < -0.39 is 10.0 Å². The van der Waals surface area contributed by atoms with Crippen LogP contribution in [-0.4, -0.2) is 50.1 Å². The first-order chi connectivity index (χ1) is 13.1. The molecule has 0 radical (unpaired) electrons. The molecule has 1 saturated heterocycles. The summed E-state index contributed by atoms with van der Waals surface area (Å²) in [6.07, 6.45) is 1.63. The molecule has 0 atom stereocenters. The molecule has 4 rings (SSSR count). The molecule has 142 valence electrons. The minimum atomic E-state index is -3.58. The highest BCUT2D eigenvalue weighted by Gasteiger charge is 2.19. The molecule has 0 amide bonds. The van der Waals surface area contributed by atoms with Gasteiger partial charge in [-0.1, -0.05) is 24.3 Å². The maximum Gasteiger partial charge on any atom is 0.290 e. The van der Waals surface area contributed by atoms with Gasteiger partial charge in [-0.3, -0.25) is 4.79 Å². The molecule has 1 aliphatic heterocycles. The van der Waals surface area contributed by atoms with Crippen molar-refractivity contribution in [3.63, 3.8) is 0 Å². The van der Waals surface area contributed by atoms with Crippen molar-refractivity contribution in [1.82, 2.24) is 9.29 Å². The number of benzene rings is 2. The Morgan fingerprint density at radius 2 is 1.67 bits per heavy atom. The molecule has 0 spiro atoms. The number of aromatic nitrogens is 1. The Morgan fingerprint density at radius 1 is 1.00 bits per heavy atom. The van der Waals surface area contributed by atoms with E-state index in [1.807, 2.05) is 24.3 Å². The van der Waals surface area contributed by atoms with E-state index in [2.05, 4.69) is 16.3 Å². The number of carbonyl (C=O) groups is 1. The van der Waals surface area contributed by atoms with Crippen LogP contribution in [-0.2, 0) is 14.8 Å². The molecule has 8 heteroatoms. The second kappa shape index (κ2) is 8.24. The molecule has 2 N–H and O–H groups in total. The van der Waals surface area contributed by atoms with E-state index in [0.29, 0.717) is 4.90 Å². The average Bonchev–Trinajstić information content (AvgIpc) is 3.14. The zero-order chi connectivity index (χ0) is 19.3. The van der Waals surface area contributed by atoms with Gasteiger partial charge in [-0.2, -0.15) is 0 Å². The van der Waals surface area contributed by atoms with Crippen molar-refractivity contribution in [1.29, 1.82) is 0 Å². The molecule has 2 heterocycles.